The summed E-state index contributed by atoms with van der Waals surface area (Å²) >= 11 is 0. The number of morpholine rings is 1. The highest BCUT2D eigenvalue weighted by molar-refractivity contribution is 7.93. The van der Waals surface area contributed by atoms with Crippen LogP contribution in [0.4, 0.5) is 5.69 Å². The zero-order chi connectivity index (χ0) is 19.2. The molecule has 1 atom stereocenters. The number of sulfonamides is 1. The molecule has 0 aromatic heterocycles. The van der Waals surface area contributed by atoms with E-state index in [-0.39, 0.29) is 11.4 Å². The van der Waals surface area contributed by atoms with E-state index >= 15 is 0 Å². The highest BCUT2D eigenvalue weighted by atomic mass is 32.2. The van der Waals surface area contributed by atoms with Gasteiger partial charge in [-0.1, -0.05) is 19.1 Å². The average molecular weight is 379 g/mol. The molecule has 0 radical (unpaired) electrons. The molecule has 1 saturated heterocycles. The zero-order valence-electron chi connectivity index (χ0n) is 15.1. The van der Waals surface area contributed by atoms with Crippen LogP contribution in [-0.4, -0.2) is 52.5 Å². The van der Waals surface area contributed by atoms with Gasteiger partial charge in [-0.25, -0.2) is 13.1 Å². The van der Waals surface area contributed by atoms with Crippen LogP contribution in [0.15, 0.2) is 29.2 Å². The molecular formula is C18H25N3O4S. The maximum Gasteiger partial charge on any atom is 0.251 e. The molecule has 0 amide bonds. The van der Waals surface area contributed by atoms with Crippen molar-refractivity contribution in [2.75, 3.05) is 37.7 Å². The van der Waals surface area contributed by atoms with Gasteiger partial charge in [0.2, 0.25) is 0 Å². The molecule has 1 aliphatic heterocycles. The van der Waals surface area contributed by atoms with Crippen LogP contribution in [0.2, 0.25) is 0 Å². The Morgan fingerprint density at radius 3 is 2.50 bits per heavy atom. The van der Waals surface area contributed by atoms with Crippen LogP contribution >= 0.6 is 0 Å². The van der Waals surface area contributed by atoms with Crippen molar-refractivity contribution < 1.29 is 18.3 Å². The Morgan fingerprint density at radius 1 is 1.35 bits per heavy atom. The molecule has 142 valence electrons. The first-order valence-electron chi connectivity index (χ1n) is 8.61. The van der Waals surface area contributed by atoms with Crippen molar-refractivity contribution in [3.8, 4) is 6.07 Å². The van der Waals surface area contributed by atoms with Crippen LogP contribution in [0, 0.1) is 11.3 Å². The molecule has 1 aromatic rings. The van der Waals surface area contributed by atoms with Gasteiger partial charge in [0.1, 0.15) is 6.07 Å². The molecule has 0 saturated carbocycles. The number of aliphatic hydroxyl groups is 1. The van der Waals surface area contributed by atoms with E-state index in [1.807, 2.05) is 24.3 Å². The fraction of sp³-hybridized carbons (Fsp3) is 0.500. The van der Waals surface area contributed by atoms with Gasteiger partial charge in [-0.2, -0.15) is 5.26 Å². The molecule has 26 heavy (non-hydrogen) atoms. The van der Waals surface area contributed by atoms with E-state index in [9.17, 15) is 18.8 Å². The molecule has 1 heterocycles. The van der Waals surface area contributed by atoms with Gasteiger partial charge in [-0.05, 0) is 36.6 Å². The topological polar surface area (TPSA) is 103 Å². The van der Waals surface area contributed by atoms with E-state index in [0.717, 1.165) is 18.8 Å². The van der Waals surface area contributed by atoms with Crippen molar-refractivity contribution in [1.29, 1.82) is 5.26 Å². The number of aliphatic hydroxyl groups excluding tert-OH is 1. The number of hydrogen-bond donors (Lipinski definition) is 2. The van der Waals surface area contributed by atoms with E-state index in [1.165, 1.54) is 0 Å². The minimum absolute atomic E-state index is 0.118. The van der Waals surface area contributed by atoms with Gasteiger partial charge in [-0.3, -0.25) is 0 Å². The summed E-state index contributed by atoms with van der Waals surface area (Å²) in [7, 11) is -3.97. The Hall–Kier alpha value is -1.92. The van der Waals surface area contributed by atoms with Crippen LogP contribution in [0.1, 0.15) is 25.8 Å². The highest BCUT2D eigenvalue weighted by Crippen LogP contribution is 2.24. The number of rotatable bonds is 7. The van der Waals surface area contributed by atoms with E-state index < -0.39 is 16.1 Å². The molecule has 1 aliphatic rings. The Bertz CT molecular complexity index is 776. The van der Waals surface area contributed by atoms with Gasteiger partial charge in [0.05, 0.1) is 19.3 Å². The minimum atomic E-state index is -3.97. The first kappa shape index (κ1) is 20.4. The monoisotopic (exact) mass is 379 g/mol. The average Bonchev–Trinajstić information content (AvgIpc) is 2.67. The fourth-order valence-electron chi connectivity index (χ4n) is 2.64. The van der Waals surface area contributed by atoms with Crippen molar-refractivity contribution in [3.63, 3.8) is 0 Å². The summed E-state index contributed by atoms with van der Waals surface area (Å²) < 4.78 is 32.4. The van der Waals surface area contributed by atoms with Crippen LogP contribution in [0.5, 0.6) is 0 Å². The summed E-state index contributed by atoms with van der Waals surface area (Å²) in [6, 6.07) is 9.24. The Morgan fingerprint density at radius 2 is 1.96 bits per heavy atom. The van der Waals surface area contributed by atoms with Crippen LogP contribution in [0.25, 0.3) is 5.57 Å². The summed E-state index contributed by atoms with van der Waals surface area (Å²) in [4.78, 5) is 1.86. The van der Waals surface area contributed by atoms with Gasteiger partial charge in [-0.15, -0.1) is 0 Å². The van der Waals surface area contributed by atoms with Crippen LogP contribution in [-0.2, 0) is 14.8 Å². The van der Waals surface area contributed by atoms with Gasteiger partial charge in [0, 0.05) is 25.3 Å². The number of nitriles is 1. The minimum Gasteiger partial charge on any atom is -0.392 e. The standard InChI is InChI=1S/C18H25N3O4S/c1-3-17(22)13-20-26(23,24)18(12-19)14(2)15-4-6-16(7-5-15)21-8-10-25-11-9-21/h4-7,17,20,22H,3,8-11,13H2,1-2H3/b18-14+. The lowest BCUT2D eigenvalue weighted by Gasteiger charge is -2.29. The Labute approximate surface area is 154 Å². The number of ether oxygens (including phenoxy) is 1. The Kier molecular flexibility index (Phi) is 7.17. The third kappa shape index (κ3) is 5.05. The fourth-order valence-corrected chi connectivity index (χ4v) is 3.84. The molecule has 2 N–H and O–H groups in total. The SMILES string of the molecule is CCC(O)CNS(=O)(=O)/C(C#N)=C(\C)c1ccc(N2CCOCC2)cc1. The molecule has 0 spiro atoms. The predicted molar refractivity (Wildman–Crippen MR) is 101 cm³/mol. The lowest BCUT2D eigenvalue weighted by molar-refractivity contribution is 0.122. The Balaban J connectivity index is 2.22. The zero-order valence-corrected chi connectivity index (χ0v) is 15.9. The van der Waals surface area contributed by atoms with E-state index in [4.69, 9.17) is 4.74 Å². The first-order chi connectivity index (χ1) is 12.4. The van der Waals surface area contributed by atoms with Gasteiger partial charge in [0.15, 0.2) is 4.91 Å². The maximum absolute atomic E-state index is 12.4. The molecular weight excluding hydrogens is 354 g/mol. The molecule has 2 rings (SSSR count). The predicted octanol–water partition coefficient (Wildman–Crippen LogP) is 1.47. The van der Waals surface area contributed by atoms with E-state index in [0.29, 0.717) is 30.8 Å². The number of allylic oxidation sites excluding steroid dienone is 2. The third-order valence-corrected chi connectivity index (χ3v) is 5.85. The lowest BCUT2D eigenvalue weighted by atomic mass is 10.1. The van der Waals surface area contributed by atoms with Crippen LogP contribution < -0.4 is 9.62 Å². The second-order valence-electron chi connectivity index (χ2n) is 6.13. The van der Waals surface area contributed by atoms with Gasteiger partial charge in [0.25, 0.3) is 10.0 Å². The summed E-state index contributed by atoms with van der Waals surface area (Å²) in [5.41, 5.74) is 2.08. The molecule has 0 bridgehead atoms. The largest absolute Gasteiger partial charge is 0.392 e. The number of nitrogens with zero attached hydrogens (tertiary/aromatic N) is 2. The summed E-state index contributed by atoms with van der Waals surface area (Å²) in [6.07, 6.45) is -0.353. The molecule has 7 nitrogen and oxygen atoms in total. The quantitative estimate of drug-likeness (QED) is 0.696. The van der Waals surface area contributed by atoms with E-state index in [2.05, 4.69) is 9.62 Å². The lowest BCUT2D eigenvalue weighted by Crippen LogP contribution is -2.36. The number of nitrogens with one attached hydrogen (secondary N) is 1. The smallest absolute Gasteiger partial charge is 0.251 e. The van der Waals surface area contributed by atoms with Crippen molar-refractivity contribution in [3.05, 3.63) is 34.7 Å². The normalized spacial score (nSPS) is 17.4. The summed E-state index contributed by atoms with van der Waals surface area (Å²) in [5, 5.41) is 18.9. The van der Waals surface area contributed by atoms with Gasteiger partial charge < -0.3 is 14.7 Å². The number of anilines is 1. The molecule has 1 aromatic carbocycles. The van der Waals surface area contributed by atoms with Crippen molar-refractivity contribution >= 4 is 21.3 Å². The summed E-state index contributed by atoms with van der Waals surface area (Å²) in [5.74, 6) is 0. The van der Waals surface area contributed by atoms with E-state index in [1.54, 1.807) is 19.9 Å². The number of benzene rings is 1. The summed E-state index contributed by atoms with van der Waals surface area (Å²) in [6.45, 7) is 6.25. The maximum atomic E-state index is 12.4. The molecule has 1 fully saturated rings. The van der Waals surface area contributed by atoms with Crippen molar-refractivity contribution in [2.45, 2.75) is 26.4 Å². The molecule has 8 heteroatoms. The molecule has 1 unspecified atom stereocenters. The van der Waals surface area contributed by atoms with Crippen molar-refractivity contribution in [2.24, 2.45) is 0 Å². The second-order valence-corrected chi connectivity index (χ2v) is 7.83. The third-order valence-electron chi connectivity index (χ3n) is 4.37. The van der Waals surface area contributed by atoms with Crippen molar-refractivity contribution in [1.82, 2.24) is 4.72 Å². The first-order valence-corrected chi connectivity index (χ1v) is 10.1. The second kappa shape index (κ2) is 9.14. The highest BCUT2D eigenvalue weighted by Gasteiger charge is 2.22. The molecule has 0 aliphatic carbocycles. The van der Waals surface area contributed by atoms with Gasteiger partial charge >= 0.3 is 0 Å². The van der Waals surface area contributed by atoms with Crippen LogP contribution in [0.3, 0.4) is 0 Å². The number of hydrogen-bond acceptors (Lipinski definition) is 6.